The largest absolute Gasteiger partial charge is 0.464 e. The molecule has 0 aliphatic carbocycles. The third-order valence-electron chi connectivity index (χ3n) is 5.90. The molecule has 0 atom stereocenters. The van der Waals surface area contributed by atoms with E-state index in [1.807, 2.05) is 42.5 Å². The standard InChI is InChI=1S/C27H25N5O4S/c1-32(2)37(34,35)24-13-21(27(33)30-22-10-9-20-17-29-31-25(20)15-22)12-23(14-24)28-16-18-5-7-19(8-6-18)26-4-3-11-36-26/h3-15,17,28H,16H2,1-2H3,(H,29,31)(H,30,33). The topological polar surface area (TPSA) is 120 Å². The van der Waals surface area contributed by atoms with Crippen molar-refractivity contribution in [2.24, 2.45) is 0 Å². The van der Waals surface area contributed by atoms with Crippen LogP contribution in [0.1, 0.15) is 15.9 Å². The minimum Gasteiger partial charge on any atom is -0.464 e. The van der Waals surface area contributed by atoms with Crippen molar-refractivity contribution in [1.29, 1.82) is 0 Å². The molecule has 2 heterocycles. The van der Waals surface area contributed by atoms with Crippen molar-refractivity contribution in [3.8, 4) is 11.3 Å². The third kappa shape index (κ3) is 5.25. The molecule has 5 aromatic rings. The Morgan fingerprint density at radius 1 is 1.00 bits per heavy atom. The number of amides is 1. The molecule has 0 saturated carbocycles. The summed E-state index contributed by atoms with van der Waals surface area (Å²) in [7, 11) is -0.866. The van der Waals surface area contributed by atoms with Gasteiger partial charge in [-0.2, -0.15) is 5.10 Å². The zero-order chi connectivity index (χ0) is 26.0. The lowest BCUT2D eigenvalue weighted by molar-refractivity contribution is 0.102. The summed E-state index contributed by atoms with van der Waals surface area (Å²) in [6.07, 6.45) is 3.32. The lowest BCUT2D eigenvalue weighted by Gasteiger charge is -2.15. The van der Waals surface area contributed by atoms with Crippen LogP contribution in [0.2, 0.25) is 0 Å². The first-order chi connectivity index (χ1) is 17.8. The Morgan fingerprint density at radius 3 is 2.54 bits per heavy atom. The normalized spacial score (nSPS) is 11.6. The molecule has 3 N–H and O–H groups in total. The number of H-pyrrole nitrogens is 1. The number of carbonyl (C=O) groups is 1. The van der Waals surface area contributed by atoms with Gasteiger partial charge >= 0.3 is 0 Å². The van der Waals surface area contributed by atoms with Crippen LogP contribution in [0.25, 0.3) is 22.2 Å². The van der Waals surface area contributed by atoms with E-state index in [0.717, 1.165) is 32.1 Å². The number of fused-ring (bicyclic) bond motifs is 1. The number of nitrogens with one attached hydrogen (secondary N) is 3. The lowest BCUT2D eigenvalue weighted by atomic mass is 10.1. The molecule has 0 unspecified atom stereocenters. The van der Waals surface area contributed by atoms with Crippen LogP contribution in [0.3, 0.4) is 0 Å². The van der Waals surface area contributed by atoms with E-state index in [9.17, 15) is 13.2 Å². The highest BCUT2D eigenvalue weighted by Crippen LogP contribution is 2.25. The van der Waals surface area contributed by atoms with Crippen molar-refractivity contribution in [3.63, 3.8) is 0 Å². The fourth-order valence-electron chi connectivity index (χ4n) is 3.84. The second-order valence-corrected chi connectivity index (χ2v) is 10.8. The number of anilines is 2. The molecule has 1 amide bonds. The van der Waals surface area contributed by atoms with Gasteiger partial charge < -0.3 is 15.1 Å². The van der Waals surface area contributed by atoms with E-state index in [1.54, 1.807) is 30.7 Å². The quantitative estimate of drug-likeness (QED) is 0.269. The van der Waals surface area contributed by atoms with Gasteiger partial charge in [0.15, 0.2) is 0 Å². The summed E-state index contributed by atoms with van der Waals surface area (Å²) in [6, 6.07) is 21.5. The molecule has 0 radical (unpaired) electrons. The highest BCUT2D eigenvalue weighted by Gasteiger charge is 2.21. The molecule has 0 spiro atoms. The van der Waals surface area contributed by atoms with Gasteiger partial charge in [-0.05, 0) is 54.1 Å². The zero-order valence-electron chi connectivity index (χ0n) is 20.2. The first-order valence-corrected chi connectivity index (χ1v) is 12.9. The second-order valence-electron chi connectivity index (χ2n) is 8.69. The maximum Gasteiger partial charge on any atom is 0.255 e. The molecule has 0 aliphatic heterocycles. The van der Waals surface area contributed by atoms with Gasteiger partial charge in [0, 0.05) is 48.5 Å². The first-order valence-electron chi connectivity index (χ1n) is 11.5. The smallest absolute Gasteiger partial charge is 0.255 e. The number of carbonyl (C=O) groups excluding carboxylic acids is 1. The van der Waals surface area contributed by atoms with Crippen LogP contribution in [-0.4, -0.2) is 42.9 Å². The molecule has 5 rings (SSSR count). The van der Waals surface area contributed by atoms with Crippen molar-refractivity contribution in [2.75, 3.05) is 24.7 Å². The maximum absolute atomic E-state index is 13.1. The van der Waals surface area contributed by atoms with Gasteiger partial charge in [0.1, 0.15) is 5.76 Å². The maximum atomic E-state index is 13.1. The summed E-state index contributed by atoms with van der Waals surface area (Å²) < 4.78 is 32.4. The zero-order valence-corrected chi connectivity index (χ0v) is 21.0. The van der Waals surface area contributed by atoms with E-state index in [1.165, 1.54) is 26.2 Å². The number of furan rings is 1. The van der Waals surface area contributed by atoms with Crippen LogP contribution in [-0.2, 0) is 16.6 Å². The van der Waals surface area contributed by atoms with Crippen molar-refractivity contribution in [1.82, 2.24) is 14.5 Å². The molecule has 37 heavy (non-hydrogen) atoms. The summed E-state index contributed by atoms with van der Waals surface area (Å²) in [4.78, 5) is 13.2. The van der Waals surface area contributed by atoms with Gasteiger partial charge in [0.2, 0.25) is 10.0 Å². The molecule has 2 aromatic heterocycles. The number of nitrogens with zero attached hydrogens (tertiary/aromatic N) is 2. The number of benzene rings is 3. The molecule has 0 aliphatic rings. The van der Waals surface area contributed by atoms with Crippen LogP contribution in [0.15, 0.2) is 94.6 Å². The Kier molecular flexibility index (Phi) is 6.51. The Bertz CT molecular complexity index is 1660. The molecule has 0 bridgehead atoms. The van der Waals surface area contributed by atoms with Crippen molar-refractivity contribution >= 4 is 38.2 Å². The Morgan fingerprint density at radius 2 is 1.81 bits per heavy atom. The summed E-state index contributed by atoms with van der Waals surface area (Å²) in [6.45, 7) is 0.432. The fourth-order valence-corrected chi connectivity index (χ4v) is 4.82. The molecule has 0 fully saturated rings. The predicted octanol–water partition coefficient (Wildman–Crippen LogP) is 4.94. The van der Waals surface area contributed by atoms with E-state index in [2.05, 4.69) is 20.8 Å². The lowest BCUT2D eigenvalue weighted by Crippen LogP contribution is -2.23. The summed E-state index contributed by atoms with van der Waals surface area (Å²) in [5, 5.41) is 13.9. The number of rotatable bonds is 8. The molecular weight excluding hydrogens is 490 g/mol. The minimum absolute atomic E-state index is 0.0184. The van der Waals surface area contributed by atoms with Gasteiger partial charge in [-0.3, -0.25) is 9.89 Å². The van der Waals surface area contributed by atoms with Crippen LogP contribution < -0.4 is 10.6 Å². The Balaban J connectivity index is 1.39. The van der Waals surface area contributed by atoms with E-state index in [4.69, 9.17) is 4.42 Å². The van der Waals surface area contributed by atoms with Gasteiger partial charge in [0.25, 0.3) is 5.91 Å². The van der Waals surface area contributed by atoms with E-state index in [-0.39, 0.29) is 10.5 Å². The monoisotopic (exact) mass is 515 g/mol. The van der Waals surface area contributed by atoms with E-state index in [0.29, 0.717) is 17.9 Å². The SMILES string of the molecule is CN(C)S(=O)(=O)c1cc(NCc2ccc(-c3ccco3)cc2)cc(C(=O)Nc2ccc3cn[nH]c3c2)c1. The van der Waals surface area contributed by atoms with E-state index < -0.39 is 15.9 Å². The van der Waals surface area contributed by atoms with Gasteiger partial charge in [-0.25, -0.2) is 12.7 Å². The van der Waals surface area contributed by atoms with E-state index >= 15 is 0 Å². The summed E-state index contributed by atoms with van der Waals surface area (Å²) in [5.74, 6) is 0.351. The number of hydrogen-bond acceptors (Lipinski definition) is 6. The minimum atomic E-state index is -3.77. The Hall–Kier alpha value is -4.41. The average molecular weight is 516 g/mol. The van der Waals surface area contributed by atoms with Crippen LogP contribution >= 0.6 is 0 Å². The van der Waals surface area contributed by atoms with Crippen molar-refractivity contribution in [3.05, 3.63) is 96.4 Å². The van der Waals surface area contributed by atoms with Crippen LogP contribution in [0, 0.1) is 0 Å². The molecule has 0 saturated heterocycles. The average Bonchev–Trinajstić information content (AvgIpc) is 3.60. The van der Waals surface area contributed by atoms with Crippen molar-refractivity contribution in [2.45, 2.75) is 11.4 Å². The molecule has 3 aromatic carbocycles. The van der Waals surface area contributed by atoms with Gasteiger partial charge in [-0.1, -0.05) is 24.3 Å². The fraction of sp³-hybridized carbons (Fsp3) is 0.111. The van der Waals surface area contributed by atoms with Gasteiger partial charge in [-0.15, -0.1) is 0 Å². The second kappa shape index (κ2) is 9.92. The highest BCUT2D eigenvalue weighted by molar-refractivity contribution is 7.89. The predicted molar refractivity (Wildman–Crippen MR) is 143 cm³/mol. The number of hydrogen-bond donors (Lipinski definition) is 3. The summed E-state index contributed by atoms with van der Waals surface area (Å²) >= 11 is 0. The van der Waals surface area contributed by atoms with Crippen molar-refractivity contribution < 1.29 is 17.6 Å². The summed E-state index contributed by atoms with van der Waals surface area (Å²) in [5.41, 5.74) is 4.00. The molecule has 10 heteroatoms. The molecular formula is C27H25N5O4S. The first kappa shape index (κ1) is 24.3. The number of aromatic amines is 1. The number of aromatic nitrogens is 2. The Labute approximate surface area is 214 Å². The highest BCUT2D eigenvalue weighted by atomic mass is 32.2. The van der Waals surface area contributed by atoms with Crippen LogP contribution in [0.4, 0.5) is 11.4 Å². The van der Waals surface area contributed by atoms with Crippen LogP contribution in [0.5, 0.6) is 0 Å². The third-order valence-corrected chi connectivity index (χ3v) is 7.70. The van der Waals surface area contributed by atoms with Gasteiger partial charge in [0.05, 0.1) is 22.9 Å². The molecule has 188 valence electrons. The number of sulfonamides is 1. The molecule has 9 nitrogen and oxygen atoms in total.